The van der Waals surface area contributed by atoms with Crippen molar-refractivity contribution in [1.82, 2.24) is 4.90 Å². The average Bonchev–Trinajstić information content (AvgIpc) is 2.50. The molecule has 0 atom stereocenters. The van der Waals surface area contributed by atoms with E-state index >= 15 is 0 Å². The first-order valence-electron chi connectivity index (χ1n) is 7.19. The lowest BCUT2D eigenvalue weighted by molar-refractivity contribution is -0.117. The lowest BCUT2D eigenvalue weighted by atomic mass is 10.1. The predicted molar refractivity (Wildman–Crippen MR) is 81.9 cm³/mol. The largest absolute Gasteiger partial charge is 0.341 e. The van der Waals surface area contributed by atoms with E-state index in [0.717, 1.165) is 38.1 Å². The molecule has 1 amide bonds. The van der Waals surface area contributed by atoms with Crippen molar-refractivity contribution in [2.75, 3.05) is 25.0 Å². The van der Waals surface area contributed by atoms with Gasteiger partial charge in [0, 0.05) is 24.8 Å². The van der Waals surface area contributed by atoms with Gasteiger partial charge in [-0.2, -0.15) is 8.78 Å². The number of amides is 1. The van der Waals surface area contributed by atoms with Gasteiger partial charge in [0.1, 0.15) is 0 Å². The molecule has 0 aromatic heterocycles. The minimum absolute atomic E-state index is 0.179. The van der Waals surface area contributed by atoms with Crippen LogP contribution in [0.2, 0.25) is 0 Å². The zero-order chi connectivity index (χ0) is 17.0. The third-order valence-corrected chi connectivity index (χ3v) is 5.10. The fourth-order valence-electron chi connectivity index (χ4n) is 2.35. The smallest absolute Gasteiger partial charge is 0.328 e. The van der Waals surface area contributed by atoms with Crippen molar-refractivity contribution in [3.63, 3.8) is 0 Å². The Morgan fingerprint density at radius 2 is 1.83 bits per heavy atom. The van der Waals surface area contributed by atoms with E-state index in [0.29, 0.717) is 5.69 Å². The minimum Gasteiger partial charge on any atom is -0.328 e. The van der Waals surface area contributed by atoms with Crippen LogP contribution in [0.15, 0.2) is 29.2 Å². The molecule has 1 aromatic rings. The van der Waals surface area contributed by atoms with Crippen molar-refractivity contribution in [2.45, 2.75) is 29.5 Å². The summed E-state index contributed by atoms with van der Waals surface area (Å²) in [7, 11) is -4.62. The predicted octanol–water partition coefficient (Wildman–Crippen LogP) is 1.04. The number of carbonyl (C=O) groups excluding carboxylic acids is 1. The maximum absolute atomic E-state index is 12.4. The SMILES string of the molecule is NC1CCN(CC(=O)Nc2ccc(S(=O)(=O)C(F)F)cc2)CC1. The summed E-state index contributed by atoms with van der Waals surface area (Å²) in [6.07, 6.45) is 1.68. The van der Waals surface area contributed by atoms with E-state index in [2.05, 4.69) is 5.32 Å². The average molecular weight is 347 g/mol. The number of benzene rings is 1. The normalized spacial score (nSPS) is 17.4. The first-order chi connectivity index (χ1) is 10.8. The molecule has 9 heteroatoms. The Morgan fingerprint density at radius 3 is 2.35 bits per heavy atom. The summed E-state index contributed by atoms with van der Waals surface area (Å²) in [5, 5.41) is 2.61. The van der Waals surface area contributed by atoms with Crippen LogP contribution in [-0.2, 0) is 14.6 Å². The number of nitrogens with zero attached hydrogens (tertiary/aromatic N) is 1. The molecule has 0 saturated carbocycles. The molecule has 1 aromatic carbocycles. The summed E-state index contributed by atoms with van der Waals surface area (Å²) in [5.74, 6) is -3.71. The molecule has 0 aliphatic carbocycles. The summed E-state index contributed by atoms with van der Waals surface area (Å²) in [6, 6.07) is 4.87. The van der Waals surface area contributed by atoms with Crippen LogP contribution in [0.1, 0.15) is 12.8 Å². The van der Waals surface area contributed by atoms with Crippen molar-refractivity contribution in [2.24, 2.45) is 5.73 Å². The Balaban J connectivity index is 1.92. The number of halogens is 2. The lowest BCUT2D eigenvalue weighted by Gasteiger charge is -2.29. The van der Waals surface area contributed by atoms with Crippen LogP contribution in [0, 0.1) is 0 Å². The summed E-state index contributed by atoms with van der Waals surface area (Å²) in [5.41, 5.74) is 6.15. The van der Waals surface area contributed by atoms with Gasteiger partial charge in [-0.05, 0) is 37.1 Å². The fourth-order valence-corrected chi connectivity index (χ4v) is 3.07. The minimum atomic E-state index is -4.62. The molecule has 1 aliphatic rings. The van der Waals surface area contributed by atoms with Crippen LogP contribution in [0.5, 0.6) is 0 Å². The standard InChI is InChI=1S/C14H19F2N3O3S/c15-14(16)23(21,22)12-3-1-11(2-4-12)18-13(20)9-19-7-5-10(17)6-8-19/h1-4,10,14H,5-9,17H2,(H,18,20). The van der Waals surface area contributed by atoms with E-state index in [4.69, 9.17) is 5.73 Å². The first kappa shape index (κ1) is 17.8. The van der Waals surface area contributed by atoms with Gasteiger partial charge in [-0.1, -0.05) is 0 Å². The van der Waals surface area contributed by atoms with Crippen LogP contribution in [0.4, 0.5) is 14.5 Å². The van der Waals surface area contributed by atoms with Gasteiger partial charge in [-0.3, -0.25) is 9.69 Å². The van der Waals surface area contributed by atoms with Gasteiger partial charge in [-0.15, -0.1) is 0 Å². The fraction of sp³-hybridized carbons (Fsp3) is 0.500. The van der Waals surface area contributed by atoms with Crippen LogP contribution in [-0.4, -0.2) is 50.7 Å². The molecule has 1 heterocycles. The molecule has 6 nitrogen and oxygen atoms in total. The van der Waals surface area contributed by atoms with Crippen molar-refractivity contribution in [3.05, 3.63) is 24.3 Å². The highest BCUT2D eigenvalue weighted by molar-refractivity contribution is 7.91. The van der Waals surface area contributed by atoms with Gasteiger partial charge in [0.25, 0.3) is 0 Å². The second-order valence-corrected chi connectivity index (χ2v) is 7.41. The van der Waals surface area contributed by atoms with Gasteiger partial charge in [-0.25, -0.2) is 8.42 Å². The van der Waals surface area contributed by atoms with E-state index in [9.17, 15) is 22.0 Å². The van der Waals surface area contributed by atoms with Crippen molar-refractivity contribution in [1.29, 1.82) is 0 Å². The number of anilines is 1. The molecule has 2 rings (SSSR count). The van der Waals surface area contributed by atoms with Crippen LogP contribution < -0.4 is 11.1 Å². The number of nitrogens with two attached hydrogens (primary N) is 1. The second kappa shape index (κ2) is 7.33. The number of sulfone groups is 1. The molecular formula is C14H19F2N3O3S. The molecular weight excluding hydrogens is 328 g/mol. The summed E-state index contributed by atoms with van der Waals surface area (Å²) >= 11 is 0. The molecule has 128 valence electrons. The Morgan fingerprint density at radius 1 is 1.26 bits per heavy atom. The lowest BCUT2D eigenvalue weighted by Crippen LogP contribution is -2.43. The second-order valence-electron chi connectivity index (χ2n) is 5.49. The third-order valence-electron chi connectivity index (χ3n) is 3.70. The molecule has 1 fully saturated rings. The maximum atomic E-state index is 12.4. The van der Waals surface area contributed by atoms with Crippen LogP contribution >= 0.6 is 0 Å². The third kappa shape index (κ3) is 4.69. The van der Waals surface area contributed by atoms with E-state index < -0.39 is 20.5 Å². The summed E-state index contributed by atoms with van der Waals surface area (Å²) in [4.78, 5) is 13.4. The molecule has 23 heavy (non-hydrogen) atoms. The zero-order valence-electron chi connectivity index (χ0n) is 12.4. The molecule has 0 unspecified atom stereocenters. The van der Waals surface area contributed by atoms with Gasteiger partial charge in [0.2, 0.25) is 15.7 Å². The summed E-state index contributed by atoms with van der Waals surface area (Å²) < 4.78 is 47.5. The van der Waals surface area contributed by atoms with Crippen LogP contribution in [0.3, 0.4) is 0 Å². The van der Waals surface area contributed by atoms with Crippen molar-refractivity contribution in [3.8, 4) is 0 Å². The molecule has 0 radical (unpaired) electrons. The Bertz CT molecular complexity index is 642. The zero-order valence-corrected chi connectivity index (χ0v) is 13.2. The highest BCUT2D eigenvalue weighted by Crippen LogP contribution is 2.20. The molecule has 3 N–H and O–H groups in total. The number of likely N-dealkylation sites (tertiary alicyclic amines) is 1. The van der Waals surface area contributed by atoms with Crippen molar-refractivity contribution < 1.29 is 22.0 Å². The number of hydrogen-bond acceptors (Lipinski definition) is 5. The molecule has 0 bridgehead atoms. The highest BCUT2D eigenvalue weighted by Gasteiger charge is 2.26. The number of rotatable bonds is 5. The maximum Gasteiger partial charge on any atom is 0.341 e. The van der Waals surface area contributed by atoms with Crippen molar-refractivity contribution >= 4 is 21.4 Å². The van der Waals surface area contributed by atoms with E-state index in [1.165, 1.54) is 12.1 Å². The van der Waals surface area contributed by atoms with E-state index in [1.54, 1.807) is 0 Å². The number of hydrogen-bond donors (Lipinski definition) is 2. The van der Waals surface area contributed by atoms with Gasteiger partial charge >= 0.3 is 5.76 Å². The van der Waals surface area contributed by atoms with Gasteiger partial charge in [0.05, 0.1) is 11.4 Å². The first-order valence-corrected chi connectivity index (χ1v) is 8.73. The molecule has 1 saturated heterocycles. The number of carbonyl (C=O) groups is 1. The van der Waals surface area contributed by atoms with E-state index in [-0.39, 0.29) is 18.5 Å². The molecule has 1 aliphatic heterocycles. The van der Waals surface area contributed by atoms with Gasteiger partial charge < -0.3 is 11.1 Å². The Kier molecular flexibility index (Phi) is 5.66. The molecule has 0 spiro atoms. The van der Waals surface area contributed by atoms with Gasteiger partial charge in [0.15, 0.2) is 0 Å². The summed E-state index contributed by atoms with van der Waals surface area (Å²) in [6.45, 7) is 1.71. The Labute approximate surface area is 133 Å². The number of alkyl halides is 2. The van der Waals surface area contributed by atoms with E-state index in [1.807, 2.05) is 4.90 Å². The van der Waals surface area contributed by atoms with Crippen LogP contribution in [0.25, 0.3) is 0 Å². The monoisotopic (exact) mass is 347 g/mol. The quantitative estimate of drug-likeness (QED) is 0.830. The Hall–Kier alpha value is -1.58. The topological polar surface area (TPSA) is 92.5 Å². The number of piperidine rings is 1. The number of nitrogens with one attached hydrogen (secondary N) is 1. The highest BCUT2D eigenvalue weighted by atomic mass is 32.2.